The first kappa shape index (κ1) is 15.0. The number of aromatic nitrogens is 3. The van der Waals surface area contributed by atoms with Crippen molar-refractivity contribution in [2.75, 3.05) is 25.0 Å². The number of H-pyrrole nitrogens is 1. The summed E-state index contributed by atoms with van der Waals surface area (Å²) in [7, 11) is 2.02. The fraction of sp³-hybridized carbons (Fsp3) is 0.429. The molecule has 0 radical (unpaired) electrons. The highest BCUT2D eigenvalue weighted by molar-refractivity contribution is 9.11. The fourth-order valence-electron chi connectivity index (χ4n) is 2.56. The third kappa shape index (κ3) is 3.30. The Morgan fingerprint density at radius 3 is 2.71 bits per heavy atom. The van der Waals surface area contributed by atoms with Gasteiger partial charge in [0.2, 0.25) is 5.95 Å². The van der Waals surface area contributed by atoms with Crippen LogP contribution in [0, 0.1) is 0 Å². The zero-order valence-electron chi connectivity index (χ0n) is 11.7. The molecule has 1 aromatic heterocycles. The van der Waals surface area contributed by atoms with Crippen molar-refractivity contribution in [2.45, 2.75) is 18.9 Å². The Labute approximate surface area is 140 Å². The standard InChI is InChI=1S/C14H17Br2N5/c1-17-10-4-6-21(7-5-10)14-18-13(19-20-14)11-3-2-9(15)8-12(11)16/h2-3,8,10,17H,4-7H2,1H3,(H,18,19,20). The first-order chi connectivity index (χ1) is 10.2. The van der Waals surface area contributed by atoms with Gasteiger partial charge in [0.05, 0.1) is 0 Å². The van der Waals surface area contributed by atoms with Crippen LogP contribution in [0.1, 0.15) is 12.8 Å². The van der Waals surface area contributed by atoms with E-state index in [4.69, 9.17) is 0 Å². The predicted octanol–water partition coefficient (Wildman–Crippen LogP) is 3.18. The number of benzene rings is 1. The number of hydrogen-bond donors (Lipinski definition) is 2. The van der Waals surface area contributed by atoms with Gasteiger partial charge in [-0.05, 0) is 54.0 Å². The summed E-state index contributed by atoms with van der Waals surface area (Å²) in [5, 5.41) is 10.7. The average Bonchev–Trinajstić information content (AvgIpc) is 2.97. The molecule has 1 aliphatic heterocycles. The zero-order chi connectivity index (χ0) is 14.8. The summed E-state index contributed by atoms with van der Waals surface area (Å²) in [6, 6.07) is 6.64. The summed E-state index contributed by atoms with van der Waals surface area (Å²) in [6.45, 7) is 1.98. The Balaban J connectivity index is 1.77. The quantitative estimate of drug-likeness (QED) is 0.809. The minimum atomic E-state index is 0.611. The molecule has 0 atom stereocenters. The van der Waals surface area contributed by atoms with E-state index < -0.39 is 0 Å². The van der Waals surface area contributed by atoms with E-state index in [-0.39, 0.29) is 0 Å². The third-order valence-electron chi connectivity index (χ3n) is 3.85. The second kappa shape index (κ2) is 6.46. The summed E-state index contributed by atoms with van der Waals surface area (Å²) in [5.41, 5.74) is 1.02. The molecule has 0 bridgehead atoms. The minimum absolute atomic E-state index is 0.611. The van der Waals surface area contributed by atoms with E-state index in [0.29, 0.717) is 6.04 Å². The van der Waals surface area contributed by atoms with Crippen molar-refractivity contribution in [3.63, 3.8) is 0 Å². The van der Waals surface area contributed by atoms with Crippen molar-refractivity contribution >= 4 is 37.8 Å². The second-order valence-corrected chi connectivity index (χ2v) is 6.93. The number of anilines is 1. The summed E-state index contributed by atoms with van der Waals surface area (Å²) >= 11 is 7.03. The van der Waals surface area contributed by atoms with E-state index in [2.05, 4.69) is 57.3 Å². The molecule has 1 saturated heterocycles. The molecule has 0 aliphatic carbocycles. The smallest absolute Gasteiger partial charge is 0.245 e. The Hall–Kier alpha value is -0.920. The van der Waals surface area contributed by atoms with Gasteiger partial charge in [-0.15, -0.1) is 5.10 Å². The van der Waals surface area contributed by atoms with Gasteiger partial charge in [0.15, 0.2) is 5.82 Å². The van der Waals surface area contributed by atoms with Crippen LogP contribution in [0.4, 0.5) is 5.95 Å². The highest BCUT2D eigenvalue weighted by Gasteiger charge is 2.21. The summed E-state index contributed by atoms with van der Waals surface area (Å²) in [5.74, 6) is 1.58. The van der Waals surface area contributed by atoms with E-state index >= 15 is 0 Å². The normalized spacial score (nSPS) is 16.4. The molecule has 21 heavy (non-hydrogen) atoms. The van der Waals surface area contributed by atoms with Gasteiger partial charge < -0.3 is 10.2 Å². The van der Waals surface area contributed by atoms with Gasteiger partial charge in [-0.3, -0.25) is 5.10 Å². The maximum atomic E-state index is 4.64. The molecule has 0 unspecified atom stereocenters. The van der Waals surface area contributed by atoms with Gasteiger partial charge in [-0.25, -0.2) is 0 Å². The Bertz CT molecular complexity index is 620. The Kier molecular flexibility index (Phi) is 4.61. The molecule has 0 spiro atoms. The Morgan fingerprint density at radius 1 is 1.29 bits per heavy atom. The number of hydrogen-bond acceptors (Lipinski definition) is 4. The summed E-state index contributed by atoms with van der Waals surface area (Å²) in [6.07, 6.45) is 2.25. The van der Waals surface area contributed by atoms with Crippen LogP contribution >= 0.6 is 31.9 Å². The lowest BCUT2D eigenvalue weighted by molar-refractivity contribution is 0.439. The monoisotopic (exact) mass is 413 g/mol. The van der Waals surface area contributed by atoms with Gasteiger partial charge in [-0.2, -0.15) is 4.98 Å². The first-order valence-corrected chi connectivity index (χ1v) is 8.56. The largest absolute Gasteiger partial charge is 0.339 e. The molecule has 0 amide bonds. The van der Waals surface area contributed by atoms with Crippen LogP contribution in [0.3, 0.4) is 0 Å². The van der Waals surface area contributed by atoms with E-state index in [1.165, 1.54) is 0 Å². The highest BCUT2D eigenvalue weighted by Crippen LogP contribution is 2.29. The molecule has 1 fully saturated rings. The van der Waals surface area contributed by atoms with E-state index in [9.17, 15) is 0 Å². The minimum Gasteiger partial charge on any atom is -0.339 e. The van der Waals surface area contributed by atoms with Crippen LogP contribution in [-0.4, -0.2) is 41.4 Å². The van der Waals surface area contributed by atoms with Gasteiger partial charge in [0.1, 0.15) is 0 Å². The van der Waals surface area contributed by atoms with Crippen LogP contribution in [-0.2, 0) is 0 Å². The second-order valence-electron chi connectivity index (χ2n) is 5.16. The third-order valence-corrected chi connectivity index (χ3v) is 5.00. The van der Waals surface area contributed by atoms with Gasteiger partial charge in [0.25, 0.3) is 0 Å². The number of piperidine rings is 1. The molecule has 2 N–H and O–H groups in total. The van der Waals surface area contributed by atoms with Crippen LogP contribution in [0.15, 0.2) is 27.1 Å². The molecule has 1 aromatic carbocycles. The lowest BCUT2D eigenvalue weighted by Gasteiger charge is -2.30. The number of halogens is 2. The lowest BCUT2D eigenvalue weighted by atomic mass is 10.1. The van der Waals surface area contributed by atoms with Crippen LogP contribution in [0.2, 0.25) is 0 Å². The van der Waals surface area contributed by atoms with E-state index in [1.54, 1.807) is 0 Å². The molecular formula is C14H17Br2N5. The molecule has 5 nitrogen and oxygen atoms in total. The number of aromatic amines is 1. The molecule has 112 valence electrons. The van der Waals surface area contributed by atoms with Crippen molar-refractivity contribution in [3.05, 3.63) is 27.1 Å². The van der Waals surface area contributed by atoms with Crippen molar-refractivity contribution < 1.29 is 0 Å². The molecule has 2 heterocycles. The molecule has 3 rings (SSSR count). The van der Waals surface area contributed by atoms with Gasteiger partial charge in [-0.1, -0.05) is 15.9 Å². The van der Waals surface area contributed by atoms with E-state index in [1.807, 2.05) is 25.2 Å². The maximum absolute atomic E-state index is 4.64. The fourth-order valence-corrected chi connectivity index (χ4v) is 3.80. The zero-order valence-corrected chi connectivity index (χ0v) is 14.9. The summed E-state index contributed by atoms with van der Waals surface area (Å²) < 4.78 is 2.03. The number of rotatable bonds is 3. The van der Waals surface area contributed by atoms with Crippen molar-refractivity contribution in [2.24, 2.45) is 0 Å². The molecule has 0 saturated carbocycles. The van der Waals surface area contributed by atoms with Crippen LogP contribution in [0.25, 0.3) is 11.4 Å². The molecular weight excluding hydrogens is 398 g/mol. The van der Waals surface area contributed by atoms with Crippen molar-refractivity contribution in [1.82, 2.24) is 20.5 Å². The van der Waals surface area contributed by atoms with Crippen LogP contribution < -0.4 is 10.2 Å². The van der Waals surface area contributed by atoms with Crippen molar-refractivity contribution in [1.29, 1.82) is 0 Å². The molecule has 1 aliphatic rings. The number of nitrogens with one attached hydrogen (secondary N) is 2. The Morgan fingerprint density at radius 2 is 2.05 bits per heavy atom. The van der Waals surface area contributed by atoms with Gasteiger partial charge in [0, 0.05) is 33.6 Å². The van der Waals surface area contributed by atoms with E-state index in [0.717, 1.165) is 52.2 Å². The van der Waals surface area contributed by atoms with Gasteiger partial charge >= 0.3 is 0 Å². The summed E-state index contributed by atoms with van der Waals surface area (Å²) in [4.78, 5) is 6.88. The predicted molar refractivity (Wildman–Crippen MR) is 91.5 cm³/mol. The highest BCUT2D eigenvalue weighted by atomic mass is 79.9. The number of nitrogens with zero attached hydrogens (tertiary/aromatic N) is 3. The first-order valence-electron chi connectivity index (χ1n) is 6.97. The molecule has 2 aromatic rings. The lowest BCUT2D eigenvalue weighted by Crippen LogP contribution is -2.41. The maximum Gasteiger partial charge on any atom is 0.245 e. The topological polar surface area (TPSA) is 56.8 Å². The average molecular weight is 415 g/mol. The molecule has 7 heteroatoms. The van der Waals surface area contributed by atoms with Crippen molar-refractivity contribution in [3.8, 4) is 11.4 Å². The SMILES string of the molecule is CNC1CCN(c2n[nH]c(-c3ccc(Br)cc3Br)n2)CC1. The van der Waals surface area contributed by atoms with Crippen LogP contribution in [0.5, 0.6) is 0 Å².